The molecule has 0 bridgehead atoms. The third-order valence-corrected chi connectivity index (χ3v) is 4.68. The van der Waals surface area contributed by atoms with Crippen LogP contribution in [0.3, 0.4) is 0 Å². The maximum Gasteiger partial charge on any atom is 0.254 e. The average Bonchev–Trinajstić information content (AvgIpc) is 2.61. The molecule has 0 radical (unpaired) electrons. The number of hydrogen-bond acceptors (Lipinski definition) is 3. The lowest BCUT2D eigenvalue weighted by Crippen LogP contribution is -2.51. The molecule has 1 fully saturated rings. The monoisotopic (exact) mass is 331 g/mol. The Morgan fingerprint density at radius 3 is 2.42 bits per heavy atom. The van der Waals surface area contributed by atoms with Gasteiger partial charge in [-0.05, 0) is 31.4 Å². The quantitative estimate of drug-likeness (QED) is 0.866. The molecule has 0 unspecified atom stereocenters. The maximum atomic E-state index is 12.7. The van der Waals surface area contributed by atoms with Crippen LogP contribution in [0.25, 0.3) is 0 Å². The van der Waals surface area contributed by atoms with E-state index in [0.29, 0.717) is 19.6 Å². The number of aryl methyl sites for hydroxylation is 1. The lowest BCUT2D eigenvalue weighted by molar-refractivity contribution is -0.123. The van der Waals surface area contributed by atoms with E-state index in [0.717, 1.165) is 37.1 Å². The van der Waals surface area contributed by atoms with E-state index in [1.807, 2.05) is 36.1 Å². The van der Waals surface area contributed by atoms with E-state index in [-0.39, 0.29) is 17.9 Å². The predicted molar refractivity (Wildman–Crippen MR) is 96.1 cm³/mol. The van der Waals surface area contributed by atoms with Gasteiger partial charge in [0.15, 0.2) is 0 Å². The molecule has 1 aliphatic rings. The van der Waals surface area contributed by atoms with Crippen molar-refractivity contribution in [1.82, 2.24) is 15.1 Å². The van der Waals surface area contributed by atoms with Gasteiger partial charge in [0.2, 0.25) is 5.91 Å². The Kier molecular flexibility index (Phi) is 6.79. The van der Waals surface area contributed by atoms with Crippen LogP contribution >= 0.6 is 0 Å². The van der Waals surface area contributed by atoms with Gasteiger partial charge in [-0.2, -0.15) is 0 Å². The molecular weight excluding hydrogens is 302 g/mol. The number of amides is 2. The van der Waals surface area contributed by atoms with Crippen molar-refractivity contribution in [2.45, 2.75) is 39.7 Å². The molecular formula is C19H29N3O2. The van der Waals surface area contributed by atoms with Crippen molar-refractivity contribution < 1.29 is 9.59 Å². The fraction of sp³-hybridized carbons (Fsp3) is 0.579. The largest absolute Gasteiger partial charge is 0.353 e. The van der Waals surface area contributed by atoms with Crippen LogP contribution in [0.1, 0.15) is 43.1 Å². The predicted octanol–water partition coefficient (Wildman–Crippen LogP) is 1.92. The summed E-state index contributed by atoms with van der Waals surface area (Å²) in [5.41, 5.74) is 1.90. The number of hydrogen-bond donors (Lipinski definition) is 1. The van der Waals surface area contributed by atoms with Crippen molar-refractivity contribution in [3.05, 3.63) is 35.4 Å². The van der Waals surface area contributed by atoms with E-state index in [4.69, 9.17) is 0 Å². The molecule has 0 spiro atoms. The van der Waals surface area contributed by atoms with Crippen molar-refractivity contribution in [2.75, 3.05) is 32.7 Å². The van der Waals surface area contributed by atoms with Gasteiger partial charge in [-0.25, -0.2) is 0 Å². The number of rotatable bonds is 6. The minimum atomic E-state index is 0.0699. The minimum Gasteiger partial charge on any atom is -0.353 e. The van der Waals surface area contributed by atoms with Crippen LogP contribution in [0, 0.1) is 0 Å². The highest BCUT2D eigenvalue weighted by molar-refractivity contribution is 5.95. The van der Waals surface area contributed by atoms with E-state index in [9.17, 15) is 9.59 Å². The lowest BCUT2D eigenvalue weighted by Gasteiger charge is -2.34. The molecule has 2 amide bonds. The Balaban J connectivity index is 1.86. The van der Waals surface area contributed by atoms with Crippen LogP contribution < -0.4 is 5.32 Å². The molecule has 1 aliphatic heterocycles. The van der Waals surface area contributed by atoms with Crippen molar-refractivity contribution in [2.24, 2.45) is 0 Å². The van der Waals surface area contributed by atoms with Crippen LogP contribution in [-0.4, -0.2) is 60.4 Å². The van der Waals surface area contributed by atoms with Gasteiger partial charge in [-0.15, -0.1) is 0 Å². The topological polar surface area (TPSA) is 52.7 Å². The Morgan fingerprint density at radius 2 is 1.79 bits per heavy atom. The summed E-state index contributed by atoms with van der Waals surface area (Å²) < 4.78 is 0. The van der Waals surface area contributed by atoms with Gasteiger partial charge >= 0.3 is 0 Å². The fourth-order valence-corrected chi connectivity index (χ4v) is 2.94. The molecule has 2 rings (SSSR count). The van der Waals surface area contributed by atoms with Gasteiger partial charge < -0.3 is 10.2 Å². The van der Waals surface area contributed by atoms with Gasteiger partial charge in [0, 0.05) is 37.8 Å². The molecule has 24 heavy (non-hydrogen) atoms. The Labute approximate surface area is 145 Å². The average molecular weight is 331 g/mol. The summed E-state index contributed by atoms with van der Waals surface area (Å²) in [4.78, 5) is 28.7. The Morgan fingerprint density at radius 1 is 1.12 bits per heavy atom. The van der Waals surface area contributed by atoms with Crippen LogP contribution in [0.2, 0.25) is 0 Å². The fourth-order valence-electron chi connectivity index (χ4n) is 2.94. The zero-order valence-electron chi connectivity index (χ0n) is 15.0. The number of nitrogens with one attached hydrogen (secondary N) is 1. The van der Waals surface area contributed by atoms with Crippen LogP contribution in [0.5, 0.6) is 0 Å². The smallest absolute Gasteiger partial charge is 0.254 e. The third-order valence-electron chi connectivity index (χ3n) is 4.68. The van der Waals surface area contributed by atoms with Crippen LogP contribution in [-0.2, 0) is 11.2 Å². The molecule has 1 atom stereocenters. The highest BCUT2D eigenvalue weighted by atomic mass is 16.2. The molecule has 1 heterocycles. The van der Waals surface area contributed by atoms with Gasteiger partial charge in [-0.3, -0.25) is 14.5 Å². The van der Waals surface area contributed by atoms with Gasteiger partial charge in [0.05, 0.1) is 6.54 Å². The zero-order chi connectivity index (χ0) is 17.5. The summed E-state index contributed by atoms with van der Waals surface area (Å²) in [5.74, 6) is 0.177. The Bertz CT molecular complexity index is 565. The third kappa shape index (κ3) is 4.81. The summed E-state index contributed by atoms with van der Waals surface area (Å²) >= 11 is 0. The van der Waals surface area contributed by atoms with Crippen molar-refractivity contribution in [3.63, 3.8) is 0 Å². The summed E-state index contributed by atoms with van der Waals surface area (Å²) in [6.07, 6.45) is 1.79. The molecule has 5 nitrogen and oxygen atoms in total. The first-order valence-corrected chi connectivity index (χ1v) is 8.94. The zero-order valence-corrected chi connectivity index (χ0v) is 15.0. The first kappa shape index (κ1) is 18.5. The second-order valence-corrected chi connectivity index (χ2v) is 6.46. The first-order valence-electron chi connectivity index (χ1n) is 8.94. The SMILES string of the molecule is CCc1ccccc1C(=O)N1CCN(CC(=O)N[C@H](C)CC)CC1. The number of carbonyl (C=O) groups excluding carboxylic acids is 2. The first-order chi connectivity index (χ1) is 11.5. The molecule has 0 aliphatic carbocycles. The lowest BCUT2D eigenvalue weighted by atomic mass is 10.0. The molecule has 1 N–H and O–H groups in total. The second-order valence-electron chi connectivity index (χ2n) is 6.46. The molecule has 1 saturated heterocycles. The highest BCUT2D eigenvalue weighted by Gasteiger charge is 2.24. The van der Waals surface area contributed by atoms with E-state index < -0.39 is 0 Å². The molecule has 5 heteroatoms. The summed E-state index contributed by atoms with van der Waals surface area (Å²) in [6, 6.07) is 8.03. The van der Waals surface area contributed by atoms with E-state index in [2.05, 4.69) is 24.1 Å². The molecule has 132 valence electrons. The van der Waals surface area contributed by atoms with Crippen molar-refractivity contribution in [3.8, 4) is 0 Å². The number of carbonyl (C=O) groups is 2. The van der Waals surface area contributed by atoms with Gasteiger partial charge in [0.25, 0.3) is 5.91 Å². The number of nitrogens with zero attached hydrogens (tertiary/aromatic N) is 2. The van der Waals surface area contributed by atoms with Crippen molar-refractivity contribution >= 4 is 11.8 Å². The summed E-state index contributed by atoms with van der Waals surface area (Å²) in [5, 5.41) is 2.99. The van der Waals surface area contributed by atoms with Gasteiger partial charge in [0.1, 0.15) is 0 Å². The van der Waals surface area contributed by atoms with Crippen LogP contribution in [0.15, 0.2) is 24.3 Å². The summed E-state index contributed by atoms with van der Waals surface area (Å²) in [6.45, 7) is 9.39. The number of benzene rings is 1. The second kappa shape index (κ2) is 8.83. The normalized spacial score (nSPS) is 16.7. The van der Waals surface area contributed by atoms with Gasteiger partial charge in [-0.1, -0.05) is 32.0 Å². The van der Waals surface area contributed by atoms with E-state index in [1.165, 1.54) is 0 Å². The van der Waals surface area contributed by atoms with Crippen molar-refractivity contribution in [1.29, 1.82) is 0 Å². The molecule has 0 aromatic heterocycles. The molecule has 1 aromatic rings. The molecule has 0 saturated carbocycles. The summed E-state index contributed by atoms with van der Waals surface area (Å²) in [7, 11) is 0. The standard InChI is InChI=1S/C19H29N3O2/c1-4-15(3)20-18(23)14-21-10-12-22(13-11-21)19(24)17-9-7-6-8-16(17)5-2/h6-9,15H,4-5,10-14H2,1-3H3,(H,20,23)/t15-/m1/s1. The maximum absolute atomic E-state index is 12.7. The highest BCUT2D eigenvalue weighted by Crippen LogP contribution is 2.14. The van der Waals surface area contributed by atoms with E-state index >= 15 is 0 Å². The Hall–Kier alpha value is -1.88. The van der Waals surface area contributed by atoms with E-state index in [1.54, 1.807) is 0 Å². The number of piperazine rings is 1. The molecule has 1 aromatic carbocycles. The minimum absolute atomic E-state index is 0.0699. The van der Waals surface area contributed by atoms with Crippen LogP contribution in [0.4, 0.5) is 0 Å².